The Morgan fingerprint density at radius 3 is 1.58 bits per heavy atom. The molecule has 0 bridgehead atoms. The molecule has 1 aliphatic carbocycles. The highest BCUT2D eigenvalue weighted by atomic mass is 15.0. The van der Waals surface area contributed by atoms with Crippen LogP contribution in [-0.2, 0) is 5.41 Å². The summed E-state index contributed by atoms with van der Waals surface area (Å²) in [4.78, 5) is 15.9. The fourth-order valence-corrected chi connectivity index (χ4v) is 8.31. The second kappa shape index (κ2) is 12.7. The van der Waals surface area contributed by atoms with E-state index in [4.69, 9.17) is 15.0 Å². The molecule has 248 valence electrons. The monoisotopic (exact) mass is 675 g/mol. The van der Waals surface area contributed by atoms with Crippen molar-refractivity contribution in [2.45, 2.75) is 5.41 Å². The quantitative estimate of drug-likeness (QED) is 0.176. The number of benzene rings is 8. The Kier molecular flexibility index (Phi) is 7.36. The second-order valence-electron chi connectivity index (χ2n) is 13.5. The molecule has 8 aromatic carbocycles. The molecule has 1 aromatic heterocycles. The van der Waals surface area contributed by atoms with Gasteiger partial charge in [0, 0.05) is 16.7 Å². The van der Waals surface area contributed by atoms with Crippen LogP contribution in [0.5, 0.6) is 0 Å². The second-order valence-corrected chi connectivity index (χ2v) is 13.5. The molecule has 0 aliphatic heterocycles. The van der Waals surface area contributed by atoms with Crippen molar-refractivity contribution >= 4 is 10.8 Å². The first-order valence-corrected chi connectivity index (χ1v) is 18.0. The van der Waals surface area contributed by atoms with Crippen LogP contribution in [0, 0.1) is 0 Å². The van der Waals surface area contributed by atoms with E-state index in [1.54, 1.807) is 0 Å². The summed E-state index contributed by atoms with van der Waals surface area (Å²) in [5.74, 6) is 1.93. The maximum Gasteiger partial charge on any atom is 0.164 e. The van der Waals surface area contributed by atoms with Crippen LogP contribution in [0.1, 0.15) is 22.3 Å². The first-order valence-electron chi connectivity index (χ1n) is 18.0. The van der Waals surface area contributed by atoms with E-state index in [9.17, 15) is 0 Å². The molecule has 0 atom stereocenters. The van der Waals surface area contributed by atoms with Crippen LogP contribution in [0.15, 0.2) is 200 Å². The first-order chi connectivity index (χ1) is 26.3. The maximum atomic E-state index is 5.35. The number of hydrogen-bond acceptors (Lipinski definition) is 3. The molecule has 0 amide bonds. The van der Waals surface area contributed by atoms with Crippen LogP contribution in [0.25, 0.3) is 67.2 Å². The van der Waals surface area contributed by atoms with Crippen molar-refractivity contribution in [3.8, 4) is 56.4 Å². The van der Waals surface area contributed by atoms with Gasteiger partial charge in [0.25, 0.3) is 0 Å². The molecular weight excluding hydrogens is 643 g/mol. The molecule has 0 fully saturated rings. The third-order valence-electron chi connectivity index (χ3n) is 10.6. The highest BCUT2D eigenvalue weighted by molar-refractivity contribution is 5.97. The zero-order valence-corrected chi connectivity index (χ0v) is 28.9. The minimum Gasteiger partial charge on any atom is -0.208 e. The van der Waals surface area contributed by atoms with Crippen molar-refractivity contribution in [1.82, 2.24) is 15.0 Å². The predicted octanol–water partition coefficient (Wildman–Crippen LogP) is 12.1. The van der Waals surface area contributed by atoms with Gasteiger partial charge in [0.2, 0.25) is 0 Å². The van der Waals surface area contributed by atoms with Crippen molar-refractivity contribution in [3.05, 3.63) is 222 Å². The molecule has 10 rings (SSSR count). The fraction of sp³-hybridized carbons (Fsp3) is 0.0200. The van der Waals surface area contributed by atoms with Gasteiger partial charge in [-0.1, -0.05) is 194 Å². The number of fused-ring (bicyclic) bond motifs is 4. The van der Waals surface area contributed by atoms with Crippen molar-refractivity contribution in [1.29, 1.82) is 0 Å². The lowest BCUT2D eigenvalue weighted by molar-refractivity contribution is 0.768. The lowest BCUT2D eigenvalue weighted by Crippen LogP contribution is -2.28. The smallest absolute Gasteiger partial charge is 0.164 e. The van der Waals surface area contributed by atoms with Crippen LogP contribution in [0.3, 0.4) is 0 Å². The van der Waals surface area contributed by atoms with Crippen molar-refractivity contribution < 1.29 is 0 Å². The van der Waals surface area contributed by atoms with Crippen LogP contribution >= 0.6 is 0 Å². The number of hydrogen-bond donors (Lipinski definition) is 0. The van der Waals surface area contributed by atoms with Crippen LogP contribution in [-0.4, -0.2) is 15.0 Å². The van der Waals surface area contributed by atoms with E-state index in [1.807, 2.05) is 6.07 Å². The number of rotatable bonds is 6. The van der Waals surface area contributed by atoms with Crippen molar-refractivity contribution in [2.24, 2.45) is 0 Å². The maximum absolute atomic E-state index is 5.35. The third kappa shape index (κ3) is 5.01. The van der Waals surface area contributed by atoms with Crippen LogP contribution in [0.4, 0.5) is 0 Å². The van der Waals surface area contributed by atoms with Gasteiger partial charge in [-0.05, 0) is 61.3 Å². The Bertz CT molecular complexity index is 2730. The summed E-state index contributed by atoms with van der Waals surface area (Å²) in [6, 6.07) is 71.0. The Labute approximate surface area is 309 Å². The molecule has 1 aliphatic rings. The predicted molar refractivity (Wildman–Crippen MR) is 216 cm³/mol. The molecule has 53 heavy (non-hydrogen) atoms. The summed E-state index contributed by atoms with van der Waals surface area (Å²) in [5, 5.41) is 2.25. The Hall–Kier alpha value is -6.97. The van der Waals surface area contributed by atoms with Crippen molar-refractivity contribution in [2.75, 3.05) is 0 Å². The van der Waals surface area contributed by atoms with E-state index < -0.39 is 5.41 Å². The molecule has 0 radical (unpaired) electrons. The van der Waals surface area contributed by atoms with E-state index in [0.29, 0.717) is 17.5 Å². The molecule has 0 unspecified atom stereocenters. The van der Waals surface area contributed by atoms with Gasteiger partial charge >= 0.3 is 0 Å². The van der Waals surface area contributed by atoms with Crippen molar-refractivity contribution in [3.63, 3.8) is 0 Å². The molecule has 0 spiro atoms. The van der Waals surface area contributed by atoms with Gasteiger partial charge in [0.05, 0.1) is 5.41 Å². The lowest BCUT2D eigenvalue weighted by Gasteiger charge is -2.33. The fourth-order valence-electron chi connectivity index (χ4n) is 8.31. The SMILES string of the molecule is c1ccc(-c2cccc(-c3nc(-c4cccc5c4-c4ccccc4C5(c4ccccc4)c4ccccc4)nc(-c4cccc5ccccc45)n3)c2)cc1. The van der Waals surface area contributed by atoms with Gasteiger partial charge in [0.15, 0.2) is 17.5 Å². The molecule has 1 heterocycles. The zero-order chi connectivity index (χ0) is 35.2. The Balaban J connectivity index is 1.26. The normalized spacial score (nSPS) is 12.7. The van der Waals surface area contributed by atoms with Crippen LogP contribution < -0.4 is 0 Å². The Morgan fingerprint density at radius 1 is 0.321 bits per heavy atom. The van der Waals surface area contributed by atoms with Gasteiger partial charge in [-0.3, -0.25) is 0 Å². The largest absolute Gasteiger partial charge is 0.208 e. The molecule has 0 N–H and O–H groups in total. The molecule has 3 nitrogen and oxygen atoms in total. The average Bonchev–Trinajstić information content (AvgIpc) is 3.55. The zero-order valence-electron chi connectivity index (χ0n) is 28.9. The lowest BCUT2D eigenvalue weighted by atomic mass is 9.67. The van der Waals surface area contributed by atoms with Gasteiger partial charge in [-0.15, -0.1) is 0 Å². The van der Waals surface area contributed by atoms with E-state index in [0.717, 1.165) is 44.2 Å². The standard InChI is InChI=1S/C50H33N3/c1-4-17-34(18-5-1)36-21-14-22-37(33-36)47-51-48(41-29-15-20-35-19-10-11-27-40(35)41)53-49(52-47)43-30-16-32-45-46(43)42-28-12-13-31-44(42)50(45,38-23-6-2-7-24-38)39-25-8-3-9-26-39/h1-33H. The van der Waals surface area contributed by atoms with Crippen LogP contribution in [0.2, 0.25) is 0 Å². The highest BCUT2D eigenvalue weighted by Crippen LogP contribution is 2.58. The molecule has 0 saturated heterocycles. The minimum atomic E-state index is -0.525. The summed E-state index contributed by atoms with van der Waals surface area (Å²) < 4.78 is 0. The summed E-state index contributed by atoms with van der Waals surface area (Å²) in [6.07, 6.45) is 0. The van der Waals surface area contributed by atoms with Gasteiger partial charge < -0.3 is 0 Å². The number of nitrogens with zero attached hydrogens (tertiary/aromatic N) is 3. The van der Waals surface area contributed by atoms with E-state index >= 15 is 0 Å². The average molecular weight is 676 g/mol. The first kappa shape index (κ1) is 30.8. The summed E-state index contributed by atoms with van der Waals surface area (Å²) in [6.45, 7) is 0. The van der Waals surface area contributed by atoms with Gasteiger partial charge in [0.1, 0.15) is 0 Å². The third-order valence-corrected chi connectivity index (χ3v) is 10.6. The Morgan fingerprint density at radius 2 is 0.811 bits per heavy atom. The number of aromatic nitrogens is 3. The molecule has 3 heteroatoms. The topological polar surface area (TPSA) is 38.7 Å². The van der Waals surface area contributed by atoms with Gasteiger partial charge in [-0.25, -0.2) is 15.0 Å². The summed E-state index contributed by atoms with van der Waals surface area (Å²) in [7, 11) is 0. The summed E-state index contributed by atoms with van der Waals surface area (Å²) in [5.41, 5.74) is 11.9. The van der Waals surface area contributed by atoms with E-state index in [1.165, 1.54) is 27.8 Å². The minimum absolute atomic E-state index is 0.525. The van der Waals surface area contributed by atoms with E-state index in [2.05, 4.69) is 194 Å². The molecular formula is C50H33N3. The highest BCUT2D eigenvalue weighted by Gasteiger charge is 2.47. The van der Waals surface area contributed by atoms with E-state index in [-0.39, 0.29) is 0 Å². The summed E-state index contributed by atoms with van der Waals surface area (Å²) >= 11 is 0. The molecule has 0 saturated carbocycles. The van der Waals surface area contributed by atoms with Gasteiger partial charge in [-0.2, -0.15) is 0 Å². The molecule has 9 aromatic rings.